The van der Waals surface area contributed by atoms with Gasteiger partial charge in [0.25, 0.3) is 5.91 Å². The van der Waals surface area contributed by atoms with E-state index in [9.17, 15) is 23.9 Å². The minimum absolute atomic E-state index is 0.191. The smallest absolute Gasteiger partial charge is 0.326 e. The first-order valence-corrected chi connectivity index (χ1v) is 5.94. The molecule has 0 saturated carbocycles. The Bertz CT molecular complexity index is 560. The molecule has 0 spiro atoms. The summed E-state index contributed by atoms with van der Waals surface area (Å²) in [6, 6.07) is 1.36. The van der Waals surface area contributed by atoms with Crippen LogP contribution in [0.15, 0.2) is 18.2 Å². The third-order valence-electron chi connectivity index (χ3n) is 2.67. The Labute approximate surface area is 119 Å². The van der Waals surface area contributed by atoms with Gasteiger partial charge in [0.05, 0.1) is 12.7 Å². The Hall–Kier alpha value is -2.64. The number of nitrogens with one attached hydrogen (secondary N) is 1. The Morgan fingerprint density at radius 2 is 2.05 bits per heavy atom. The average molecular weight is 299 g/mol. The largest absolute Gasteiger partial charge is 0.507 e. The van der Waals surface area contributed by atoms with Gasteiger partial charge < -0.3 is 20.3 Å². The van der Waals surface area contributed by atoms with E-state index in [0.717, 1.165) is 25.3 Å². The number of phenolic OH excluding ortho intramolecular Hbond substituents is 1. The topological polar surface area (TPSA) is 113 Å². The molecule has 0 bridgehead atoms. The summed E-state index contributed by atoms with van der Waals surface area (Å²) < 4.78 is 17.4. The first kappa shape index (κ1) is 16.4. The summed E-state index contributed by atoms with van der Waals surface area (Å²) in [7, 11) is 1.15. The lowest BCUT2D eigenvalue weighted by atomic mass is 10.1. The van der Waals surface area contributed by atoms with Crippen LogP contribution in [0.1, 0.15) is 23.2 Å². The van der Waals surface area contributed by atoms with Gasteiger partial charge in [-0.2, -0.15) is 0 Å². The van der Waals surface area contributed by atoms with Crippen LogP contribution in [-0.4, -0.2) is 41.2 Å². The van der Waals surface area contributed by atoms with Crippen LogP contribution in [0.5, 0.6) is 5.75 Å². The maximum atomic E-state index is 13.0. The molecule has 0 fully saturated rings. The number of esters is 1. The van der Waals surface area contributed by atoms with Gasteiger partial charge in [-0.15, -0.1) is 0 Å². The van der Waals surface area contributed by atoms with Crippen LogP contribution >= 0.6 is 0 Å². The lowest BCUT2D eigenvalue weighted by Crippen LogP contribution is -2.41. The van der Waals surface area contributed by atoms with Crippen molar-refractivity contribution < 1.29 is 33.7 Å². The summed E-state index contributed by atoms with van der Waals surface area (Å²) in [5.41, 5.74) is -0.390. The second-order valence-electron chi connectivity index (χ2n) is 4.14. The van der Waals surface area contributed by atoms with Gasteiger partial charge >= 0.3 is 11.9 Å². The molecule has 1 amide bonds. The van der Waals surface area contributed by atoms with Crippen molar-refractivity contribution in [2.45, 2.75) is 18.9 Å². The molecule has 0 aliphatic rings. The van der Waals surface area contributed by atoms with Crippen LogP contribution in [0.2, 0.25) is 0 Å². The number of rotatable bonds is 6. The highest BCUT2D eigenvalue weighted by Gasteiger charge is 2.23. The normalized spacial score (nSPS) is 11.5. The molecule has 7 nitrogen and oxygen atoms in total. The zero-order valence-electron chi connectivity index (χ0n) is 11.1. The Morgan fingerprint density at radius 3 is 2.62 bits per heavy atom. The van der Waals surface area contributed by atoms with Gasteiger partial charge in [-0.25, -0.2) is 9.18 Å². The molecule has 114 valence electrons. The molecule has 1 aromatic rings. The number of hydrogen-bond donors (Lipinski definition) is 3. The van der Waals surface area contributed by atoms with Crippen LogP contribution in [0.25, 0.3) is 0 Å². The van der Waals surface area contributed by atoms with Gasteiger partial charge in [0, 0.05) is 6.42 Å². The summed E-state index contributed by atoms with van der Waals surface area (Å²) >= 11 is 0. The summed E-state index contributed by atoms with van der Waals surface area (Å²) in [5.74, 6) is -4.16. The minimum atomic E-state index is -1.36. The van der Waals surface area contributed by atoms with Crippen molar-refractivity contribution in [1.82, 2.24) is 5.32 Å². The third kappa shape index (κ3) is 4.75. The number of carbonyl (C=O) groups excluding carboxylic acids is 2. The number of phenols is 1. The van der Waals surface area contributed by atoms with E-state index in [-0.39, 0.29) is 18.4 Å². The second-order valence-corrected chi connectivity index (χ2v) is 4.14. The number of halogens is 1. The third-order valence-corrected chi connectivity index (χ3v) is 2.67. The van der Waals surface area contributed by atoms with Crippen molar-refractivity contribution in [3.8, 4) is 5.75 Å². The number of amides is 1. The van der Waals surface area contributed by atoms with Gasteiger partial charge in [-0.05, 0) is 24.6 Å². The van der Waals surface area contributed by atoms with Crippen LogP contribution in [0.4, 0.5) is 4.39 Å². The highest BCUT2D eigenvalue weighted by atomic mass is 19.1. The number of aromatic hydroxyl groups is 1. The zero-order valence-corrected chi connectivity index (χ0v) is 11.1. The lowest BCUT2D eigenvalue weighted by Gasteiger charge is -2.14. The van der Waals surface area contributed by atoms with Crippen LogP contribution in [-0.2, 0) is 14.3 Å². The molecule has 0 radical (unpaired) electrons. The monoisotopic (exact) mass is 299 g/mol. The van der Waals surface area contributed by atoms with E-state index in [1.807, 2.05) is 0 Å². The maximum absolute atomic E-state index is 13.0. The summed E-state index contributed by atoms with van der Waals surface area (Å²) in [4.78, 5) is 33.8. The molecule has 8 heteroatoms. The molecule has 1 aromatic carbocycles. The molecule has 0 heterocycles. The lowest BCUT2D eigenvalue weighted by molar-refractivity contribution is -0.142. The minimum Gasteiger partial charge on any atom is -0.507 e. The van der Waals surface area contributed by atoms with Gasteiger partial charge in [-0.3, -0.25) is 9.59 Å². The van der Waals surface area contributed by atoms with Crippen molar-refractivity contribution in [3.63, 3.8) is 0 Å². The predicted molar refractivity (Wildman–Crippen MR) is 68.2 cm³/mol. The SMILES string of the molecule is COC(=O)CC[C@@H](NC(=O)c1cc(F)ccc1O)C(=O)O. The van der Waals surface area contributed by atoms with Gasteiger partial charge in [-0.1, -0.05) is 0 Å². The molecule has 0 aliphatic carbocycles. The fourth-order valence-electron chi connectivity index (χ4n) is 1.55. The highest BCUT2D eigenvalue weighted by molar-refractivity contribution is 5.98. The van der Waals surface area contributed by atoms with E-state index < -0.39 is 35.5 Å². The molecular formula is C13H14FNO6. The van der Waals surface area contributed by atoms with E-state index in [2.05, 4.69) is 10.1 Å². The van der Waals surface area contributed by atoms with E-state index in [1.165, 1.54) is 0 Å². The molecule has 0 saturated heterocycles. The Balaban J connectivity index is 2.79. The number of carboxylic acid groups (broad SMARTS) is 1. The zero-order chi connectivity index (χ0) is 16.0. The highest BCUT2D eigenvalue weighted by Crippen LogP contribution is 2.18. The van der Waals surface area contributed by atoms with Crippen molar-refractivity contribution in [3.05, 3.63) is 29.6 Å². The molecule has 21 heavy (non-hydrogen) atoms. The van der Waals surface area contributed by atoms with Gasteiger partial charge in [0.15, 0.2) is 0 Å². The number of carbonyl (C=O) groups is 3. The van der Waals surface area contributed by atoms with E-state index in [1.54, 1.807) is 0 Å². The quantitative estimate of drug-likeness (QED) is 0.665. The molecule has 0 aromatic heterocycles. The van der Waals surface area contributed by atoms with Crippen molar-refractivity contribution in [2.75, 3.05) is 7.11 Å². The van der Waals surface area contributed by atoms with Crippen molar-refractivity contribution in [2.24, 2.45) is 0 Å². The van der Waals surface area contributed by atoms with Crippen LogP contribution in [0, 0.1) is 5.82 Å². The summed E-state index contributed by atoms with van der Waals surface area (Å²) in [6.45, 7) is 0. The van der Waals surface area contributed by atoms with Crippen LogP contribution in [0.3, 0.4) is 0 Å². The summed E-state index contributed by atoms with van der Waals surface area (Å²) in [5, 5.41) is 20.5. The van der Waals surface area contributed by atoms with Gasteiger partial charge in [0.2, 0.25) is 0 Å². The second kappa shape index (κ2) is 7.22. The number of methoxy groups -OCH3 is 1. The molecule has 1 atom stereocenters. The molecule has 0 unspecified atom stereocenters. The number of benzene rings is 1. The van der Waals surface area contributed by atoms with Crippen molar-refractivity contribution in [1.29, 1.82) is 0 Å². The molecule has 0 aliphatic heterocycles. The number of aliphatic carboxylic acids is 1. The van der Waals surface area contributed by atoms with E-state index in [4.69, 9.17) is 5.11 Å². The first-order chi connectivity index (χ1) is 9.85. The Kier molecular flexibility index (Phi) is 5.65. The van der Waals surface area contributed by atoms with E-state index in [0.29, 0.717) is 0 Å². The van der Waals surface area contributed by atoms with Crippen LogP contribution < -0.4 is 5.32 Å². The number of ether oxygens (including phenoxy) is 1. The van der Waals surface area contributed by atoms with Gasteiger partial charge in [0.1, 0.15) is 17.6 Å². The Morgan fingerprint density at radius 1 is 1.38 bits per heavy atom. The average Bonchev–Trinajstić information content (AvgIpc) is 2.44. The van der Waals surface area contributed by atoms with Crippen molar-refractivity contribution >= 4 is 17.8 Å². The first-order valence-electron chi connectivity index (χ1n) is 5.94. The predicted octanol–water partition coefficient (Wildman–Crippen LogP) is 0.667. The molecule has 3 N–H and O–H groups in total. The number of carboxylic acids is 1. The fourth-order valence-corrected chi connectivity index (χ4v) is 1.55. The maximum Gasteiger partial charge on any atom is 0.326 e. The molecule has 1 rings (SSSR count). The standard InChI is InChI=1S/C13H14FNO6/c1-21-11(17)5-3-9(13(19)20)15-12(18)8-6-7(14)2-4-10(8)16/h2,4,6,9,16H,3,5H2,1H3,(H,15,18)(H,19,20)/t9-/m1/s1. The number of hydrogen-bond acceptors (Lipinski definition) is 5. The molecular weight excluding hydrogens is 285 g/mol. The summed E-state index contributed by atoms with van der Waals surface area (Å²) in [6.07, 6.45) is -0.396. The fraction of sp³-hybridized carbons (Fsp3) is 0.308. The van der Waals surface area contributed by atoms with E-state index >= 15 is 0 Å².